The van der Waals surface area contributed by atoms with Crippen molar-refractivity contribution in [3.8, 4) is 12.3 Å². The Bertz CT molecular complexity index is 540. The van der Waals surface area contributed by atoms with Crippen LogP contribution in [0.15, 0.2) is 36.5 Å². The summed E-state index contributed by atoms with van der Waals surface area (Å²) in [6.45, 7) is 3.04. The second kappa shape index (κ2) is 5.47. The van der Waals surface area contributed by atoms with Crippen LogP contribution in [0.3, 0.4) is 0 Å². The summed E-state index contributed by atoms with van der Waals surface area (Å²) in [5, 5.41) is 4.45. The zero-order valence-corrected chi connectivity index (χ0v) is 9.98. The van der Waals surface area contributed by atoms with Gasteiger partial charge in [0.25, 0.3) is 0 Å². The SMILES string of the molecule is C#CC(NCCC)c1cnc2ccccc2c1. The highest BCUT2D eigenvalue weighted by atomic mass is 14.9. The third-order valence-electron chi connectivity index (χ3n) is 2.71. The van der Waals surface area contributed by atoms with Crippen LogP contribution >= 0.6 is 0 Å². The van der Waals surface area contributed by atoms with E-state index in [9.17, 15) is 0 Å². The van der Waals surface area contributed by atoms with Crippen molar-refractivity contribution in [2.75, 3.05) is 6.54 Å². The molecule has 0 aliphatic rings. The monoisotopic (exact) mass is 224 g/mol. The lowest BCUT2D eigenvalue weighted by molar-refractivity contribution is 0.625. The molecule has 1 aromatic heterocycles. The van der Waals surface area contributed by atoms with Gasteiger partial charge in [0.2, 0.25) is 0 Å². The van der Waals surface area contributed by atoms with E-state index in [1.165, 1.54) is 0 Å². The third-order valence-corrected chi connectivity index (χ3v) is 2.71. The minimum atomic E-state index is -0.0490. The minimum absolute atomic E-state index is 0.0490. The van der Waals surface area contributed by atoms with Gasteiger partial charge in [0.15, 0.2) is 0 Å². The molecule has 0 spiro atoms. The fraction of sp³-hybridized carbons (Fsp3) is 0.267. The van der Waals surface area contributed by atoms with Gasteiger partial charge in [0.05, 0.1) is 11.6 Å². The van der Waals surface area contributed by atoms with Crippen molar-refractivity contribution in [1.82, 2.24) is 10.3 Å². The normalized spacial score (nSPS) is 12.2. The lowest BCUT2D eigenvalue weighted by Gasteiger charge is -2.12. The summed E-state index contributed by atoms with van der Waals surface area (Å²) in [4.78, 5) is 4.42. The van der Waals surface area contributed by atoms with Crippen LogP contribution in [0.5, 0.6) is 0 Å². The quantitative estimate of drug-likeness (QED) is 0.808. The summed E-state index contributed by atoms with van der Waals surface area (Å²) in [6.07, 6.45) is 8.47. The Balaban J connectivity index is 2.31. The van der Waals surface area contributed by atoms with Gasteiger partial charge >= 0.3 is 0 Å². The van der Waals surface area contributed by atoms with Crippen LogP contribution in [0.1, 0.15) is 24.9 Å². The number of nitrogens with zero attached hydrogens (tertiary/aromatic N) is 1. The average Bonchev–Trinajstić information content (AvgIpc) is 2.39. The molecule has 1 atom stereocenters. The van der Waals surface area contributed by atoms with Gasteiger partial charge in [-0.2, -0.15) is 0 Å². The minimum Gasteiger partial charge on any atom is -0.300 e. The topological polar surface area (TPSA) is 24.9 Å². The van der Waals surface area contributed by atoms with Gasteiger partial charge in [-0.15, -0.1) is 6.42 Å². The van der Waals surface area contributed by atoms with Crippen molar-refractivity contribution in [3.63, 3.8) is 0 Å². The molecule has 86 valence electrons. The van der Waals surface area contributed by atoms with E-state index in [0.29, 0.717) is 0 Å². The van der Waals surface area contributed by atoms with Gasteiger partial charge in [-0.25, -0.2) is 0 Å². The molecule has 0 fully saturated rings. The number of hydrogen-bond acceptors (Lipinski definition) is 2. The standard InChI is InChI=1S/C15H16N2/c1-3-9-16-14(4-2)13-10-12-7-5-6-8-15(12)17-11-13/h2,5-8,10-11,14,16H,3,9H2,1H3. The highest BCUT2D eigenvalue weighted by Gasteiger charge is 2.07. The van der Waals surface area contributed by atoms with Crippen LogP contribution in [0.2, 0.25) is 0 Å². The number of benzene rings is 1. The number of para-hydroxylation sites is 1. The molecule has 0 amide bonds. The molecule has 1 heterocycles. The molecule has 2 aromatic rings. The van der Waals surface area contributed by atoms with Gasteiger partial charge in [-0.05, 0) is 25.1 Å². The number of rotatable bonds is 4. The Morgan fingerprint density at radius 1 is 1.41 bits per heavy atom. The van der Waals surface area contributed by atoms with Crippen molar-refractivity contribution < 1.29 is 0 Å². The number of fused-ring (bicyclic) bond motifs is 1. The number of terminal acetylenes is 1. The molecule has 17 heavy (non-hydrogen) atoms. The number of pyridine rings is 1. The molecule has 2 heteroatoms. The molecule has 1 unspecified atom stereocenters. The Morgan fingerprint density at radius 3 is 3.00 bits per heavy atom. The van der Waals surface area contributed by atoms with Crippen LogP contribution in [-0.4, -0.2) is 11.5 Å². The van der Waals surface area contributed by atoms with Crippen molar-refractivity contribution in [2.24, 2.45) is 0 Å². The fourth-order valence-corrected chi connectivity index (χ4v) is 1.81. The summed E-state index contributed by atoms with van der Waals surface area (Å²) in [6, 6.07) is 10.1. The summed E-state index contributed by atoms with van der Waals surface area (Å²) >= 11 is 0. The van der Waals surface area contributed by atoms with E-state index in [4.69, 9.17) is 6.42 Å². The largest absolute Gasteiger partial charge is 0.300 e. The molecule has 2 rings (SSSR count). The maximum absolute atomic E-state index is 5.55. The Morgan fingerprint density at radius 2 is 2.24 bits per heavy atom. The van der Waals surface area contributed by atoms with Gasteiger partial charge < -0.3 is 0 Å². The first kappa shape index (κ1) is 11.6. The maximum atomic E-state index is 5.55. The lowest BCUT2D eigenvalue weighted by Crippen LogP contribution is -2.20. The van der Waals surface area contributed by atoms with E-state index in [1.807, 2.05) is 24.4 Å². The second-order valence-electron chi connectivity index (χ2n) is 4.02. The Kier molecular flexibility index (Phi) is 3.74. The summed E-state index contributed by atoms with van der Waals surface area (Å²) in [5.41, 5.74) is 2.06. The van der Waals surface area contributed by atoms with Crippen molar-refractivity contribution in [3.05, 3.63) is 42.1 Å². The predicted octanol–water partition coefficient (Wildman–Crippen LogP) is 2.91. The molecule has 0 aliphatic carbocycles. The van der Waals surface area contributed by atoms with E-state index in [2.05, 4.69) is 35.3 Å². The zero-order chi connectivity index (χ0) is 12.1. The van der Waals surface area contributed by atoms with Crippen LogP contribution in [0.25, 0.3) is 10.9 Å². The van der Waals surface area contributed by atoms with E-state index in [1.54, 1.807) is 0 Å². The number of aromatic nitrogens is 1. The third kappa shape index (κ3) is 2.64. The first-order valence-corrected chi connectivity index (χ1v) is 5.89. The highest BCUT2D eigenvalue weighted by Crippen LogP contribution is 2.17. The molecule has 1 N–H and O–H groups in total. The first-order valence-electron chi connectivity index (χ1n) is 5.89. The van der Waals surface area contributed by atoms with Gasteiger partial charge in [0, 0.05) is 17.1 Å². The summed E-state index contributed by atoms with van der Waals surface area (Å²) in [5.74, 6) is 2.77. The van der Waals surface area contributed by atoms with Crippen molar-refractivity contribution >= 4 is 10.9 Å². The fourth-order valence-electron chi connectivity index (χ4n) is 1.81. The molecule has 1 aromatic carbocycles. The van der Waals surface area contributed by atoms with Gasteiger partial charge in [0.1, 0.15) is 0 Å². The lowest BCUT2D eigenvalue weighted by atomic mass is 10.1. The second-order valence-corrected chi connectivity index (χ2v) is 4.02. The zero-order valence-electron chi connectivity index (χ0n) is 9.98. The van der Waals surface area contributed by atoms with E-state index in [-0.39, 0.29) is 6.04 Å². The summed E-state index contributed by atoms with van der Waals surface area (Å²) in [7, 11) is 0. The van der Waals surface area contributed by atoms with Gasteiger partial charge in [-0.3, -0.25) is 10.3 Å². The summed E-state index contributed by atoms with van der Waals surface area (Å²) < 4.78 is 0. The molecule has 0 saturated carbocycles. The van der Waals surface area contributed by atoms with Crippen LogP contribution in [0.4, 0.5) is 0 Å². The molecule has 0 aliphatic heterocycles. The molecule has 0 bridgehead atoms. The molecular formula is C15H16N2. The number of hydrogen-bond donors (Lipinski definition) is 1. The van der Waals surface area contributed by atoms with Crippen LogP contribution < -0.4 is 5.32 Å². The van der Waals surface area contributed by atoms with E-state index < -0.39 is 0 Å². The number of nitrogens with one attached hydrogen (secondary N) is 1. The molecular weight excluding hydrogens is 208 g/mol. The predicted molar refractivity (Wildman–Crippen MR) is 71.6 cm³/mol. The van der Waals surface area contributed by atoms with Crippen molar-refractivity contribution in [1.29, 1.82) is 0 Å². The molecule has 2 nitrogen and oxygen atoms in total. The van der Waals surface area contributed by atoms with Gasteiger partial charge in [-0.1, -0.05) is 31.0 Å². The maximum Gasteiger partial charge on any atom is 0.0958 e. The van der Waals surface area contributed by atoms with Crippen molar-refractivity contribution in [2.45, 2.75) is 19.4 Å². The van der Waals surface area contributed by atoms with E-state index in [0.717, 1.165) is 29.4 Å². The molecule has 0 radical (unpaired) electrons. The van der Waals surface area contributed by atoms with Crippen LogP contribution in [-0.2, 0) is 0 Å². The Hall–Kier alpha value is -1.85. The van der Waals surface area contributed by atoms with E-state index >= 15 is 0 Å². The highest BCUT2D eigenvalue weighted by molar-refractivity contribution is 5.78. The smallest absolute Gasteiger partial charge is 0.0958 e. The Labute approximate surface area is 102 Å². The molecule has 0 saturated heterocycles. The first-order chi connectivity index (χ1) is 8.35. The van der Waals surface area contributed by atoms with Crippen LogP contribution in [0, 0.1) is 12.3 Å². The average molecular weight is 224 g/mol.